The molecule has 0 aliphatic heterocycles. The molecule has 2 N–H and O–H groups in total. The van der Waals surface area contributed by atoms with Gasteiger partial charge < -0.3 is 15.4 Å². The van der Waals surface area contributed by atoms with Gasteiger partial charge in [-0.25, -0.2) is 14.8 Å². The number of fused-ring (bicyclic) bond motifs is 1. The zero-order valence-corrected chi connectivity index (χ0v) is 16.0. The van der Waals surface area contributed by atoms with E-state index in [-0.39, 0.29) is 11.6 Å². The summed E-state index contributed by atoms with van der Waals surface area (Å²) < 4.78 is 4.73. The third kappa shape index (κ3) is 4.07. The number of amides is 1. The molecule has 148 valence electrons. The second-order valence-corrected chi connectivity index (χ2v) is 6.32. The quantitative estimate of drug-likeness (QED) is 0.492. The lowest BCUT2D eigenvalue weighted by molar-refractivity contribution is 0.0600. The molecule has 0 aliphatic rings. The maximum atomic E-state index is 12.7. The molecule has 2 aromatic heterocycles. The Morgan fingerprint density at radius 1 is 0.933 bits per heavy atom. The predicted molar refractivity (Wildman–Crippen MR) is 113 cm³/mol. The topological polar surface area (TPSA) is 106 Å². The van der Waals surface area contributed by atoms with Crippen molar-refractivity contribution in [1.29, 1.82) is 0 Å². The fourth-order valence-corrected chi connectivity index (χ4v) is 2.93. The molecular formula is C22H17N5O3. The van der Waals surface area contributed by atoms with Crippen molar-refractivity contribution in [2.75, 3.05) is 17.7 Å². The van der Waals surface area contributed by atoms with Crippen LogP contribution in [0.3, 0.4) is 0 Å². The molecule has 2 heterocycles. The average molecular weight is 399 g/mol. The van der Waals surface area contributed by atoms with Crippen molar-refractivity contribution in [3.05, 3.63) is 84.4 Å². The number of hydrogen-bond acceptors (Lipinski definition) is 7. The molecule has 30 heavy (non-hydrogen) atoms. The maximum absolute atomic E-state index is 12.7. The van der Waals surface area contributed by atoms with Crippen molar-refractivity contribution in [1.82, 2.24) is 15.0 Å². The van der Waals surface area contributed by atoms with E-state index in [0.717, 1.165) is 5.39 Å². The van der Waals surface area contributed by atoms with Gasteiger partial charge in [-0.1, -0.05) is 24.3 Å². The molecule has 0 radical (unpaired) electrons. The molecule has 0 aliphatic carbocycles. The van der Waals surface area contributed by atoms with Gasteiger partial charge in [-0.05, 0) is 30.3 Å². The van der Waals surface area contributed by atoms with Gasteiger partial charge in [0, 0.05) is 23.3 Å². The molecule has 2 aromatic carbocycles. The molecule has 4 rings (SSSR count). The number of nitrogens with one attached hydrogen (secondary N) is 2. The smallest absolute Gasteiger partial charge is 0.337 e. The summed E-state index contributed by atoms with van der Waals surface area (Å²) in [7, 11) is 1.32. The number of nitrogens with zero attached hydrogens (tertiary/aromatic N) is 3. The molecule has 0 saturated heterocycles. The van der Waals surface area contributed by atoms with Gasteiger partial charge in [0.25, 0.3) is 5.91 Å². The second kappa shape index (κ2) is 8.36. The van der Waals surface area contributed by atoms with Gasteiger partial charge in [0.15, 0.2) is 0 Å². The van der Waals surface area contributed by atoms with Crippen LogP contribution in [0.15, 0.2) is 73.2 Å². The minimum Gasteiger partial charge on any atom is -0.465 e. The standard InChI is InChI=1S/C22H17N5O3/c1-30-22(29)15-6-2-8-16(11-15)26-19-12-18(24-13-25-19)21(28)27-17-9-3-5-14-7-4-10-23-20(14)17/h2-13H,1H3,(H,27,28)(H,24,25,26). The molecule has 4 aromatic rings. The Balaban J connectivity index is 1.54. The van der Waals surface area contributed by atoms with Crippen LogP contribution in [0.2, 0.25) is 0 Å². The zero-order valence-electron chi connectivity index (χ0n) is 16.0. The van der Waals surface area contributed by atoms with E-state index in [1.54, 1.807) is 36.5 Å². The molecular weight excluding hydrogens is 382 g/mol. The lowest BCUT2D eigenvalue weighted by Crippen LogP contribution is -2.14. The largest absolute Gasteiger partial charge is 0.465 e. The van der Waals surface area contributed by atoms with Crippen molar-refractivity contribution in [2.24, 2.45) is 0 Å². The molecule has 0 fully saturated rings. The normalized spacial score (nSPS) is 10.4. The first-order valence-corrected chi connectivity index (χ1v) is 9.06. The molecule has 8 heteroatoms. The van der Waals surface area contributed by atoms with Crippen molar-refractivity contribution in [2.45, 2.75) is 0 Å². The van der Waals surface area contributed by atoms with E-state index >= 15 is 0 Å². The fourth-order valence-electron chi connectivity index (χ4n) is 2.93. The Hall–Kier alpha value is -4.33. The summed E-state index contributed by atoms with van der Waals surface area (Å²) in [6, 6.07) is 17.6. The summed E-state index contributed by atoms with van der Waals surface area (Å²) in [6.07, 6.45) is 2.97. The van der Waals surface area contributed by atoms with Gasteiger partial charge in [-0.15, -0.1) is 0 Å². The van der Waals surface area contributed by atoms with Crippen LogP contribution in [0.25, 0.3) is 10.9 Å². The molecule has 8 nitrogen and oxygen atoms in total. The van der Waals surface area contributed by atoms with Crippen LogP contribution in [-0.2, 0) is 4.74 Å². The number of ether oxygens (including phenoxy) is 1. The summed E-state index contributed by atoms with van der Waals surface area (Å²) in [5, 5.41) is 6.83. The number of carbonyl (C=O) groups excluding carboxylic acids is 2. The highest BCUT2D eigenvalue weighted by Gasteiger charge is 2.12. The summed E-state index contributed by atoms with van der Waals surface area (Å²) in [4.78, 5) is 37.0. The van der Waals surface area contributed by atoms with E-state index in [1.807, 2.05) is 24.3 Å². The van der Waals surface area contributed by atoms with Crippen LogP contribution in [0, 0.1) is 0 Å². The zero-order chi connectivity index (χ0) is 20.9. The van der Waals surface area contributed by atoms with Crippen molar-refractivity contribution in [3.8, 4) is 0 Å². The number of carbonyl (C=O) groups is 2. The highest BCUT2D eigenvalue weighted by Crippen LogP contribution is 2.22. The van der Waals surface area contributed by atoms with Gasteiger partial charge >= 0.3 is 5.97 Å². The molecule has 0 unspecified atom stereocenters. The predicted octanol–water partition coefficient (Wildman–Crippen LogP) is 3.81. The van der Waals surface area contributed by atoms with E-state index in [9.17, 15) is 9.59 Å². The van der Waals surface area contributed by atoms with E-state index in [2.05, 4.69) is 25.6 Å². The Morgan fingerprint density at radius 2 is 1.77 bits per heavy atom. The Morgan fingerprint density at radius 3 is 2.63 bits per heavy atom. The highest BCUT2D eigenvalue weighted by atomic mass is 16.5. The highest BCUT2D eigenvalue weighted by molar-refractivity contribution is 6.07. The number of pyridine rings is 1. The van der Waals surface area contributed by atoms with Crippen LogP contribution >= 0.6 is 0 Å². The lowest BCUT2D eigenvalue weighted by Gasteiger charge is -2.09. The van der Waals surface area contributed by atoms with Crippen LogP contribution in [0.4, 0.5) is 17.2 Å². The van der Waals surface area contributed by atoms with E-state index in [1.165, 1.54) is 19.5 Å². The first-order chi connectivity index (χ1) is 14.6. The number of para-hydroxylation sites is 1. The number of benzene rings is 2. The van der Waals surface area contributed by atoms with Crippen LogP contribution in [0.5, 0.6) is 0 Å². The fraction of sp³-hybridized carbons (Fsp3) is 0.0455. The van der Waals surface area contributed by atoms with E-state index in [0.29, 0.717) is 28.3 Å². The molecule has 0 atom stereocenters. The minimum absolute atomic E-state index is 0.185. The van der Waals surface area contributed by atoms with Crippen molar-refractivity contribution < 1.29 is 14.3 Å². The molecule has 1 amide bonds. The molecule has 0 bridgehead atoms. The van der Waals surface area contributed by atoms with Crippen molar-refractivity contribution in [3.63, 3.8) is 0 Å². The van der Waals surface area contributed by atoms with E-state index in [4.69, 9.17) is 4.74 Å². The number of esters is 1. The van der Waals surface area contributed by atoms with Gasteiger partial charge in [-0.3, -0.25) is 9.78 Å². The lowest BCUT2D eigenvalue weighted by atomic mass is 10.2. The number of anilines is 3. The number of hydrogen-bond donors (Lipinski definition) is 2. The van der Waals surface area contributed by atoms with Gasteiger partial charge in [0.2, 0.25) is 0 Å². The van der Waals surface area contributed by atoms with Crippen LogP contribution in [0.1, 0.15) is 20.8 Å². The number of methoxy groups -OCH3 is 1. The maximum Gasteiger partial charge on any atom is 0.337 e. The van der Waals surface area contributed by atoms with Crippen LogP contribution < -0.4 is 10.6 Å². The van der Waals surface area contributed by atoms with Gasteiger partial charge in [-0.2, -0.15) is 0 Å². The minimum atomic E-state index is -0.440. The third-order valence-electron chi connectivity index (χ3n) is 4.34. The van der Waals surface area contributed by atoms with Crippen LogP contribution in [-0.4, -0.2) is 33.9 Å². The third-order valence-corrected chi connectivity index (χ3v) is 4.34. The summed E-state index contributed by atoms with van der Waals surface area (Å²) in [5.41, 5.74) is 2.50. The average Bonchev–Trinajstić information content (AvgIpc) is 2.79. The SMILES string of the molecule is COC(=O)c1cccc(Nc2cc(C(=O)Nc3cccc4cccnc34)ncn2)c1. The molecule has 0 saturated carbocycles. The monoisotopic (exact) mass is 399 g/mol. The summed E-state index contributed by atoms with van der Waals surface area (Å²) in [6.45, 7) is 0. The number of rotatable bonds is 5. The first-order valence-electron chi connectivity index (χ1n) is 9.06. The first kappa shape index (κ1) is 19.0. The number of aromatic nitrogens is 3. The second-order valence-electron chi connectivity index (χ2n) is 6.32. The van der Waals surface area contributed by atoms with Gasteiger partial charge in [0.1, 0.15) is 17.8 Å². The summed E-state index contributed by atoms with van der Waals surface area (Å²) in [5.74, 6) is -0.416. The Kier molecular flexibility index (Phi) is 5.29. The molecule has 0 spiro atoms. The Labute approximate surface area is 172 Å². The Bertz CT molecular complexity index is 1240. The van der Waals surface area contributed by atoms with Gasteiger partial charge in [0.05, 0.1) is 23.9 Å². The van der Waals surface area contributed by atoms with Crippen molar-refractivity contribution >= 4 is 40.0 Å². The van der Waals surface area contributed by atoms with E-state index < -0.39 is 5.97 Å². The summed E-state index contributed by atoms with van der Waals surface area (Å²) >= 11 is 0.